The molecule has 96 valence electrons. The molecule has 0 saturated carbocycles. The number of amides is 1. The number of hydrogen-bond donors (Lipinski definition) is 0. The molecular weight excluding hydrogens is 290 g/mol. The molecule has 0 aliphatic heterocycles. The predicted molar refractivity (Wildman–Crippen MR) is 76.6 cm³/mol. The monoisotopic (exact) mass is 301 g/mol. The van der Waals surface area contributed by atoms with Gasteiger partial charge in [-0.05, 0) is 6.92 Å². The molecule has 0 N–H and O–H groups in total. The van der Waals surface area contributed by atoms with E-state index in [1.807, 2.05) is 6.92 Å². The van der Waals surface area contributed by atoms with Crippen LogP contribution in [-0.2, 0) is 4.79 Å². The molecule has 0 aliphatic carbocycles. The third kappa shape index (κ3) is 2.60. The molecule has 0 bridgehead atoms. The van der Waals surface area contributed by atoms with Crippen molar-refractivity contribution in [2.24, 2.45) is 0 Å². The Morgan fingerprint density at radius 3 is 2.89 bits per heavy atom. The van der Waals surface area contributed by atoms with E-state index in [1.54, 1.807) is 19.0 Å². The molecule has 0 radical (unpaired) electrons. The van der Waals surface area contributed by atoms with Gasteiger partial charge in [-0.15, -0.1) is 11.3 Å². The zero-order chi connectivity index (χ0) is 13.3. The van der Waals surface area contributed by atoms with E-state index >= 15 is 0 Å². The highest BCUT2D eigenvalue weighted by molar-refractivity contribution is 8.00. The van der Waals surface area contributed by atoms with E-state index in [4.69, 9.17) is 11.6 Å². The van der Waals surface area contributed by atoms with Crippen LogP contribution in [0.15, 0.2) is 11.4 Å². The van der Waals surface area contributed by atoms with Crippen molar-refractivity contribution in [2.45, 2.75) is 11.9 Å². The van der Waals surface area contributed by atoms with Crippen LogP contribution < -0.4 is 0 Å². The molecule has 18 heavy (non-hydrogen) atoms. The third-order valence-electron chi connectivity index (χ3n) is 2.44. The molecule has 4 nitrogen and oxygen atoms in total. The van der Waals surface area contributed by atoms with Gasteiger partial charge in [0.2, 0.25) is 5.91 Å². The quantitative estimate of drug-likeness (QED) is 0.646. The molecule has 0 saturated heterocycles. The van der Waals surface area contributed by atoms with E-state index in [2.05, 4.69) is 9.97 Å². The number of aryl methyl sites for hydroxylation is 1. The summed E-state index contributed by atoms with van der Waals surface area (Å²) in [5.41, 5.74) is 1.85. The van der Waals surface area contributed by atoms with Gasteiger partial charge < -0.3 is 4.90 Å². The summed E-state index contributed by atoms with van der Waals surface area (Å²) >= 11 is 8.98. The molecule has 0 atom stereocenters. The lowest BCUT2D eigenvalue weighted by Crippen LogP contribution is -2.23. The molecule has 2 aromatic heterocycles. The molecule has 0 unspecified atom stereocenters. The van der Waals surface area contributed by atoms with Gasteiger partial charge >= 0.3 is 0 Å². The van der Waals surface area contributed by atoms with E-state index in [9.17, 15) is 4.79 Å². The average molecular weight is 302 g/mol. The van der Waals surface area contributed by atoms with Gasteiger partial charge in [0.25, 0.3) is 0 Å². The summed E-state index contributed by atoms with van der Waals surface area (Å²) < 4.78 is 1.68. The van der Waals surface area contributed by atoms with Crippen molar-refractivity contribution in [3.63, 3.8) is 0 Å². The number of fused-ring (bicyclic) bond motifs is 1. The summed E-state index contributed by atoms with van der Waals surface area (Å²) in [6, 6.07) is 0. The van der Waals surface area contributed by atoms with E-state index in [-0.39, 0.29) is 5.91 Å². The van der Waals surface area contributed by atoms with Crippen molar-refractivity contribution in [3.05, 3.63) is 16.2 Å². The number of aromatic nitrogens is 2. The molecule has 7 heteroatoms. The lowest BCUT2D eigenvalue weighted by molar-refractivity contribution is -0.125. The highest BCUT2D eigenvalue weighted by Crippen LogP contribution is 2.37. The number of nitrogens with zero attached hydrogens (tertiary/aromatic N) is 3. The SMILES string of the molecule is Cc1c(Cl)sc2c(SCC(=O)N(C)C)ncnc12. The first-order valence-corrected chi connectivity index (χ1v) is 7.41. The van der Waals surface area contributed by atoms with Gasteiger partial charge in [0.15, 0.2) is 0 Å². The van der Waals surface area contributed by atoms with E-state index < -0.39 is 0 Å². The Balaban J connectivity index is 2.29. The Hall–Kier alpha value is -0.850. The second-order valence-corrected chi connectivity index (χ2v) is 6.52. The fourth-order valence-electron chi connectivity index (χ4n) is 1.34. The second kappa shape index (κ2) is 5.42. The highest BCUT2D eigenvalue weighted by Gasteiger charge is 2.14. The first kappa shape index (κ1) is 13.6. The summed E-state index contributed by atoms with van der Waals surface area (Å²) in [5, 5.41) is 0.815. The lowest BCUT2D eigenvalue weighted by atomic mass is 10.3. The van der Waals surface area contributed by atoms with E-state index in [0.717, 1.165) is 25.1 Å². The van der Waals surface area contributed by atoms with E-state index in [1.165, 1.54) is 29.4 Å². The number of rotatable bonds is 3. The number of carbonyl (C=O) groups excluding carboxylic acids is 1. The average Bonchev–Trinajstić information content (AvgIpc) is 2.63. The molecule has 0 spiro atoms. The van der Waals surface area contributed by atoms with Crippen LogP contribution in [0.4, 0.5) is 0 Å². The first-order valence-electron chi connectivity index (χ1n) is 5.23. The van der Waals surface area contributed by atoms with Gasteiger partial charge in [0.05, 0.1) is 20.3 Å². The van der Waals surface area contributed by atoms with Crippen molar-refractivity contribution in [1.82, 2.24) is 14.9 Å². The van der Waals surface area contributed by atoms with Crippen LogP contribution in [0.5, 0.6) is 0 Å². The minimum Gasteiger partial charge on any atom is -0.348 e. The van der Waals surface area contributed by atoms with Crippen LogP contribution in [0, 0.1) is 6.92 Å². The van der Waals surface area contributed by atoms with Gasteiger partial charge in [-0.25, -0.2) is 9.97 Å². The lowest BCUT2D eigenvalue weighted by Gasteiger charge is -2.09. The van der Waals surface area contributed by atoms with Gasteiger partial charge in [-0.3, -0.25) is 4.79 Å². The van der Waals surface area contributed by atoms with Gasteiger partial charge in [-0.1, -0.05) is 23.4 Å². The van der Waals surface area contributed by atoms with Crippen molar-refractivity contribution >= 4 is 50.8 Å². The Bertz CT molecular complexity index is 597. The molecule has 2 heterocycles. The van der Waals surface area contributed by atoms with Crippen molar-refractivity contribution < 1.29 is 4.79 Å². The van der Waals surface area contributed by atoms with Crippen LogP contribution in [0.3, 0.4) is 0 Å². The number of thioether (sulfide) groups is 1. The topological polar surface area (TPSA) is 46.1 Å². The fourth-order valence-corrected chi connectivity index (χ4v) is 3.70. The molecule has 0 aromatic carbocycles. The number of halogens is 1. The summed E-state index contributed by atoms with van der Waals surface area (Å²) in [6.45, 7) is 1.94. The zero-order valence-corrected chi connectivity index (χ0v) is 12.6. The Morgan fingerprint density at radius 2 is 2.22 bits per heavy atom. The Morgan fingerprint density at radius 1 is 1.50 bits per heavy atom. The standard InChI is InChI=1S/C11H12ClN3OS2/c1-6-8-9(18-10(6)12)11(14-5-13-8)17-4-7(16)15(2)3/h5H,4H2,1-3H3. The summed E-state index contributed by atoms with van der Waals surface area (Å²) in [6.07, 6.45) is 1.51. The largest absolute Gasteiger partial charge is 0.348 e. The minimum atomic E-state index is 0.0612. The normalized spacial score (nSPS) is 10.9. The minimum absolute atomic E-state index is 0.0612. The maximum Gasteiger partial charge on any atom is 0.232 e. The molecule has 0 fully saturated rings. The highest BCUT2D eigenvalue weighted by atomic mass is 35.5. The fraction of sp³-hybridized carbons (Fsp3) is 0.364. The predicted octanol–water partition coefficient (Wildman–Crippen LogP) is 2.83. The summed E-state index contributed by atoms with van der Waals surface area (Å²) in [7, 11) is 3.48. The van der Waals surface area contributed by atoms with Crippen LogP contribution >= 0.6 is 34.7 Å². The molecule has 2 aromatic rings. The first-order chi connectivity index (χ1) is 8.50. The maximum absolute atomic E-state index is 11.6. The number of hydrogen-bond acceptors (Lipinski definition) is 5. The second-order valence-electron chi connectivity index (χ2n) is 3.93. The Kier molecular flexibility index (Phi) is 4.09. The van der Waals surface area contributed by atoms with Crippen molar-refractivity contribution in [2.75, 3.05) is 19.8 Å². The third-order valence-corrected chi connectivity index (χ3v) is 5.14. The van der Waals surface area contributed by atoms with Gasteiger partial charge in [-0.2, -0.15) is 0 Å². The van der Waals surface area contributed by atoms with Crippen LogP contribution in [0.1, 0.15) is 5.56 Å². The van der Waals surface area contributed by atoms with E-state index in [0.29, 0.717) is 5.75 Å². The zero-order valence-electron chi connectivity index (χ0n) is 10.2. The van der Waals surface area contributed by atoms with Crippen LogP contribution in [0.25, 0.3) is 10.2 Å². The number of thiophene rings is 1. The molecule has 0 aliphatic rings. The van der Waals surface area contributed by atoms with Gasteiger partial charge in [0, 0.05) is 19.7 Å². The summed E-state index contributed by atoms with van der Waals surface area (Å²) in [4.78, 5) is 21.6. The molecule has 1 amide bonds. The van der Waals surface area contributed by atoms with Crippen LogP contribution in [0.2, 0.25) is 4.34 Å². The van der Waals surface area contributed by atoms with Gasteiger partial charge in [0.1, 0.15) is 11.4 Å². The van der Waals surface area contributed by atoms with Crippen LogP contribution in [-0.4, -0.2) is 40.6 Å². The molecular formula is C11H12ClN3OS2. The maximum atomic E-state index is 11.6. The number of carbonyl (C=O) groups is 1. The van der Waals surface area contributed by atoms with Crippen molar-refractivity contribution in [3.8, 4) is 0 Å². The van der Waals surface area contributed by atoms with Crippen molar-refractivity contribution in [1.29, 1.82) is 0 Å². The summed E-state index contributed by atoms with van der Waals surface area (Å²) in [5.74, 6) is 0.430. The smallest absolute Gasteiger partial charge is 0.232 e. The Labute approximate surface area is 118 Å². The molecule has 2 rings (SSSR count).